The summed E-state index contributed by atoms with van der Waals surface area (Å²) in [6.07, 6.45) is 10.6. The number of anilines is 1. The Bertz CT molecular complexity index is 1710. The van der Waals surface area contributed by atoms with Gasteiger partial charge in [0.25, 0.3) is 0 Å². The van der Waals surface area contributed by atoms with Gasteiger partial charge < -0.3 is 14.6 Å². The molecule has 0 saturated heterocycles. The summed E-state index contributed by atoms with van der Waals surface area (Å²) in [4.78, 5) is 10.5. The summed E-state index contributed by atoms with van der Waals surface area (Å²) >= 11 is 1.71. The van der Waals surface area contributed by atoms with Crippen LogP contribution in [-0.4, -0.2) is 47.9 Å². The number of nitrogens with one attached hydrogen (secondary N) is 2. The Balaban J connectivity index is 1.38. The number of hydrogen-bond acceptors (Lipinski definition) is 7. The maximum atomic E-state index is 5.44. The molecule has 206 valence electrons. The summed E-state index contributed by atoms with van der Waals surface area (Å²) in [5, 5.41) is 16.2. The van der Waals surface area contributed by atoms with E-state index in [1.54, 1.807) is 25.3 Å². The van der Waals surface area contributed by atoms with Crippen molar-refractivity contribution in [1.29, 1.82) is 0 Å². The highest BCUT2D eigenvalue weighted by molar-refractivity contribution is 7.92. The van der Waals surface area contributed by atoms with Crippen LogP contribution in [0.4, 0.5) is 11.4 Å². The summed E-state index contributed by atoms with van der Waals surface area (Å²) < 4.78 is 11.8. The highest BCUT2D eigenvalue weighted by atomic mass is 32.2. The van der Waals surface area contributed by atoms with E-state index in [9.17, 15) is 0 Å². The Morgan fingerprint density at radius 1 is 1.12 bits per heavy atom. The third-order valence-electron chi connectivity index (χ3n) is 7.92. The maximum absolute atomic E-state index is 5.44. The van der Waals surface area contributed by atoms with Gasteiger partial charge in [-0.15, -0.1) is 0 Å². The van der Waals surface area contributed by atoms with Crippen molar-refractivity contribution in [2.45, 2.75) is 44.1 Å². The molecule has 1 aromatic carbocycles. The van der Waals surface area contributed by atoms with Gasteiger partial charge in [-0.05, 0) is 31.7 Å². The Kier molecular flexibility index (Phi) is 6.27. The first-order valence-corrected chi connectivity index (χ1v) is 15.0. The van der Waals surface area contributed by atoms with Gasteiger partial charge in [0.05, 0.1) is 36.6 Å². The van der Waals surface area contributed by atoms with Crippen molar-refractivity contribution in [1.82, 2.24) is 34.5 Å². The number of H-pyrrole nitrogens is 1. The van der Waals surface area contributed by atoms with Crippen LogP contribution in [0.5, 0.6) is 5.88 Å². The van der Waals surface area contributed by atoms with Gasteiger partial charge in [0.2, 0.25) is 5.88 Å². The number of nitrogens with zero attached hydrogens (tertiary/aromatic N) is 6. The molecule has 0 amide bonds. The zero-order valence-electron chi connectivity index (χ0n) is 23.2. The lowest BCUT2D eigenvalue weighted by atomic mass is 9.99. The summed E-state index contributed by atoms with van der Waals surface area (Å²) in [5.41, 5.74) is 9.84. The fourth-order valence-corrected chi connectivity index (χ4v) is 6.18. The van der Waals surface area contributed by atoms with Crippen molar-refractivity contribution < 1.29 is 9.46 Å². The summed E-state index contributed by atoms with van der Waals surface area (Å²) in [6, 6.07) is 8.78. The van der Waals surface area contributed by atoms with Gasteiger partial charge >= 0.3 is 0 Å². The van der Waals surface area contributed by atoms with Crippen LogP contribution in [0.1, 0.15) is 54.5 Å². The zero-order chi connectivity index (χ0) is 27.4. The predicted octanol–water partition coefficient (Wildman–Crippen LogP) is 4.61. The van der Waals surface area contributed by atoms with E-state index in [4.69, 9.17) is 14.7 Å². The number of ether oxygens (including phenoxy) is 1. The van der Waals surface area contributed by atoms with Crippen molar-refractivity contribution in [2.75, 3.05) is 18.7 Å². The average Bonchev–Trinajstić information content (AvgIpc) is 3.86. The van der Waals surface area contributed by atoms with Crippen LogP contribution in [0.3, 0.4) is 0 Å². The van der Waals surface area contributed by atoms with E-state index in [2.05, 4.69) is 67.5 Å². The number of aryl methyl sites for hydroxylation is 1. The second kappa shape index (κ2) is 9.97. The molecule has 0 atom stereocenters. The normalized spacial score (nSPS) is 15.2. The van der Waals surface area contributed by atoms with Gasteiger partial charge in [-0.2, -0.15) is 10.2 Å². The summed E-state index contributed by atoms with van der Waals surface area (Å²) in [5.74, 6) is 2.61. The van der Waals surface area contributed by atoms with Gasteiger partial charge in [-0.25, -0.2) is 15.1 Å². The molecule has 7 rings (SSSR count). The lowest BCUT2D eigenvalue weighted by Crippen LogP contribution is -2.68. The van der Waals surface area contributed by atoms with Crippen molar-refractivity contribution in [2.24, 2.45) is 14.1 Å². The third-order valence-corrected chi connectivity index (χ3v) is 8.41. The molecule has 4 N–H and O–H groups in total. The van der Waals surface area contributed by atoms with E-state index in [1.165, 1.54) is 42.6 Å². The number of fused-ring (bicyclic) bond motifs is 1. The number of pyridine rings is 1. The number of benzene rings is 1. The van der Waals surface area contributed by atoms with Crippen LogP contribution in [0, 0.1) is 0 Å². The Hall–Kier alpha value is -3.83. The molecule has 0 unspecified atom stereocenters. The molecule has 2 aliphatic carbocycles. The van der Waals surface area contributed by atoms with Crippen molar-refractivity contribution in [3.05, 3.63) is 53.6 Å². The molecule has 2 fully saturated rings. The lowest BCUT2D eigenvalue weighted by Gasteiger charge is -2.14. The number of aromatic nitrogens is 7. The van der Waals surface area contributed by atoms with Gasteiger partial charge in [0, 0.05) is 78.8 Å². The molecule has 4 aromatic heterocycles. The zero-order valence-corrected chi connectivity index (χ0v) is 24.0. The Morgan fingerprint density at radius 3 is 2.70 bits per heavy atom. The second-order valence-corrected chi connectivity index (χ2v) is 11.5. The van der Waals surface area contributed by atoms with Gasteiger partial charge in [-0.1, -0.05) is 12.1 Å². The largest absolute Gasteiger partial charge is 0.480 e. The number of methoxy groups -OCH3 is 1. The van der Waals surface area contributed by atoms with Crippen LogP contribution >= 0.6 is 11.9 Å². The van der Waals surface area contributed by atoms with Crippen molar-refractivity contribution >= 4 is 34.4 Å². The van der Waals surface area contributed by atoms with E-state index >= 15 is 0 Å². The van der Waals surface area contributed by atoms with E-state index in [0.29, 0.717) is 24.3 Å². The van der Waals surface area contributed by atoms with Crippen LogP contribution in [-0.2, 0) is 20.6 Å². The SMILES string of the molecule is COc1[nH]ncc1NCc1c([NH2+]SC)cccc1-c1nc(-c2cc3cn(C)nc3nc2C2CC2)n(C)c1C1CC1. The molecular formula is C29H34N9OS+. The molecule has 40 heavy (non-hydrogen) atoms. The van der Waals surface area contributed by atoms with E-state index in [1.807, 2.05) is 17.9 Å². The Labute approximate surface area is 237 Å². The number of hydrogen-bond donors (Lipinski definition) is 3. The smallest absolute Gasteiger partial charge is 0.232 e. The summed E-state index contributed by atoms with van der Waals surface area (Å²) in [7, 11) is 5.77. The molecule has 10 nitrogen and oxygen atoms in total. The van der Waals surface area contributed by atoms with Gasteiger partial charge in [-0.3, -0.25) is 9.40 Å². The Morgan fingerprint density at radius 2 is 1.95 bits per heavy atom. The first-order valence-electron chi connectivity index (χ1n) is 13.8. The van der Waals surface area contributed by atoms with Crippen LogP contribution in [0.15, 0.2) is 36.7 Å². The summed E-state index contributed by atoms with van der Waals surface area (Å²) in [6.45, 7) is 0.616. The molecule has 0 bridgehead atoms. The van der Waals surface area contributed by atoms with E-state index in [-0.39, 0.29) is 0 Å². The van der Waals surface area contributed by atoms with Crippen molar-refractivity contribution in [3.63, 3.8) is 0 Å². The minimum Gasteiger partial charge on any atom is -0.480 e. The number of nitrogens with two attached hydrogens (primary N) is 1. The molecule has 0 aliphatic heterocycles. The van der Waals surface area contributed by atoms with Gasteiger partial charge in [0.15, 0.2) is 5.65 Å². The number of quaternary nitrogens is 1. The first kappa shape index (κ1) is 25.2. The first-order chi connectivity index (χ1) is 19.6. The standard InChI is InChI=1S/C29H33N9OS/c1-37-15-18-12-20(24(16-8-9-16)32-27(18)35-37)28-33-25(26(38(28)2)17-10-11-17)19-6-5-7-22(36-40-4)21(19)13-30-23-14-31-34-29(23)39-3/h5-7,12,14-17,30,36H,8-11,13H2,1-4H3,(H,31,34)/p+1. The van der Waals surface area contributed by atoms with Crippen LogP contribution < -0.4 is 14.8 Å². The fraction of sp³-hybridized carbons (Fsp3) is 0.379. The average molecular weight is 557 g/mol. The van der Waals surface area contributed by atoms with Gasteiger partial charge in [0.1, 0.15) is 17.2 Å². The van der Waals surface area contributed by atoms with Crippen molar-refractivity contribution in [3.8, 4) is 28.5 Å². The predicted molar refractivity (Wildman–Crippen MR) is 158 cm³/mol. The minimum absolute atomic E-state index is 0.482. The number of aromatic amines is 1. The molecule has 2 saturated carbocycles. The third kappa shape index (κ3) is 4.43. The molecule has 5 aromatic rings. The lowest BCUT2D eigenvalue weighted by molar-refractivity contribution is -0.377. The molecular weight excluding hydrogens is 522 g/mol. The molecule has 4 heterocycles. The highest BCUT2D eigenvalue weighted by Gasteiger charge is 2.35. The maximum Gasteiger partial charge on any atom is 0.232 e. The monoisotopic (exact) mass is 556 g/mol. The van der Waals surface area contributed by atoms with E-state index < -0.39 is 0 Å². The molecule has 0 spiro atoms. The molecule has 0 radical (unpaired) electrons. The minimum atomic E-state index is 0.482. The topological polar surface area (TPSA) is 115 Å². The highest BCUT2D eigenvalue weighted by Crippen LogP contribution is 2.49. The quantitative estimate of drug-likeness (QED) is 0.170. The molecule has 2 aliphatic rings. The second-order valence-electron chi connectivity index (χ2n) is 10.8. The molecule has 11 heteroatoms. The van der Waals surface area contributed by atoms with E-state index in [0.717, 1.165) is 45.1 Å². The number of imidazole rings is 1. The fourth-order valence-electron chi connectivity index (χ4n) is 5.71. The van der Waals surface area contributed by atoms with Crippen LogP contribution in [0.2, 0.25) is 0 Å². The van der Waals surface area contributed by atoms with Crippen LogP contribution in [0.25, 0.3) is 33.7 Å². The number of rotatable bonds is 10.